The quantitative estimate of drug-likeness (QED) is 0.856. The first-order chi connectivity index (χ1) is 12.9. The summed E-state index contributed by atoms with van der Waals surface area (Å²) >= 11 is 0. The van der Waals surface area contributed by atoms with Gasteiger partial charge in [-0.05, 0) is 45.1 Å². The molecule has 0 aliphatic carbocycles. The molecule has 2 saturated heterocycles. The SMILES string of the molecule is Cc1ccc(NC(=O)N2CCN(CCN(C)C)CC2)cc1N1CCCC1=O. The summed E-state index contributed by atoms with van der Waals surface area (Å²) in [7, 11) is 4.16. The largest absolute Gasteiger partial charge is 0.322 e. The monoisotopic (exact) mass is 373 g/mol. The zero-order valence-electron chi connectivity index (χ0n) is 16.7. The lowest BCUT2D eigenvalue weighted by atomic mass is 10.1. The summed E-state index contributed by atoms with van der Waals surface area (Å²) in [5.74, 6) is 0.162. The Bertz CT molecular complexity index is 683. The van der Waals surface area contributed by atoms with Crippen LogP contribution in [0.4, 0.5) is 16.2 Å². The van der Waals surface area contributed by atoms with Gasteiger partial charge in [-0.1, -0.05) is 6.07 Å². The fraction of sp³-hybridized carbons (Fsp3) is 0.600. The minimum Gasteiger partial charge on any atom is -0.322 e. The number of benzene rings is 1. The summed E-state index contributed by atoms with van der Waals surface area (Å²) in [6.07, 6.45) is 1.50. The lowest BCUT2D eigenvalue weighted by Gasteiger charge is -2.35. The molecule has 0 radical (unpaired) electrons. The van der Waals surface area contributed by atoms with Crippen molar-refractivity contribution in [3.63, 3.8) is 0 Å². The number of amides is 3. The Balaban J connectivity index is 1.56. The molecule has 2 aliphatic rings. The zero-order chi connectivity index (χ0) is 19.4. The number of aryl methyl sites for hydroxylation is 1. The molecule has 7 heteroatoms. The van der Waals surface area contributed by atoms with E-state index in [9.17, 15) is 9.59 Å². The van der Waals surface area contributed by atoms with E-state index >= 15 is 0 Å². The molecule has 1 aromatic rings. The Hall–Kier alpha value is -2.12. The number of rotatable bonds is 5. The van der Waals surface area contributed by atoms with Crippen LogP contribution in [0.25, 0.3) is 0 Å². The number of nitrogens with one attached hydrogen (secondary N) is 1. The van der Waals surface area contributed by atoms with Gasteiger partial charge in [0.25, 0.3) is 0 Å². The smallest absolute Gasteiger partial charge is 0.321 e. The standard InChI is InChI=1S/C20H31N5O2/c1-16-6-7-17(15-18(16)25-8-4-5-19(25)26)21-20(27)24-13-11-23(12-14-24)10-9-22(2)3/h6-7,15H,4-5,8-14H2,1-3H3,(H,21,27). The van der Waals surface area contributed by atoms with Crippen LogP contribution in [0.2, 0.25) is 0 Å². The highest BCUT2D eigenvalue weighted by molar-refractivity contribution is 5.97. The highest BCUT2D eigenvalue weighted by Gasteiger charge is 2.24. The van der Waals surface area contributed by atoms with Gasteiger partial charge >= 0.3 is 6.03 Å². The summed E-state index contributed by atoms with van der Waals surface area (Å²) in [4.78, 5) is 33.0. The maximum Gasteiger partial charge on any atom is 0.321 e. The van der Waals surface area contributed by atoms with Crippen LogP contribution in [0.1, 0.15) is 18.4 Å². The molecular formula is C20H31N5O2. The highest BCUT2D eigenvalue weighted by atomic mass is 16.2. The highest BCUT2D eigenvalue weighted by Crippen LogP contribution is 2.28. The van der Waals surface area contributed by atoms with Crippen molar-refractivity contribution in [3.8, 4) is 0 Å². The molecule has 3 rings (SSSR count). The number of carbonyl (C=O) groups is 2. The Labute approximate surface area is 161 Å². The molecule has 148 valence electrons. The average Bonchev–Trinajstić information content (AvgIpc) is 3.07. The summed E-state index contributed by atoms with van der Waals surface area (Å²) in [5.41, 5.74) is 2.71. The molecule has 1 aromatic carbocycles. The molecule has 2 fully saturated rings. The predicted molar refractivity (Wildman–Crippen MR) is 108 cm³/mol. The number of nitrogens with zero attached hydrogens (tertiary/aromatic N) is 4. The van der Waals surface area contributed by atoms with Crippen LogP contribution in [0.3, 0.4) is 0 Å². The van der Waals surface area contributed by atoms with Crippen molar-refractivity contribution in [1.29, 1.82) is 0 Å². The third-order valence-corrected chi connectivity index (χ3v) is 5.35. The Morgan fingerprint density at radius 2 is 1.89 bits per heavy atom. The zero-order valence-corrected chi connectivity index (χ0v) is 16.7. The molecule has 7 nitrogen and oxygen atoms in total. The van der Waals surface area contributed by atoms with E-state index in [1.165, 1.54) is 0 Å². The fourth-order valence-electron chi connectivity index (χ4n) is 3.60. The van der Waals surface area contributed by atoms with Crippen molar-refractivity contribution in [2.45, 2.75) is 19.8 Å². The Morgan fingerprint density at radius 1 is 1.15 bits per heavy atom. The van der Waals surface area contributed by atoms with E-state index in [1.807, 2.05) is 34.9 Å². The van der Waals surface area contributed by atoms with Gasteiger partial charge in [0.1, 0.15) is 0 Å². The van der Waals surface area contributed by atoms with Crippen LogP contribution < -0.4 is 10.2 Å². The summed E-state index contributed by atoms with van der Waals surface area (Å²) in [6, 6.07) is 5.73. The number of hydrogen-bond donors (Lipinski definition) is 1. The molecule has 0 unspecified atom stereocenters. The van der Waals surface area contributed by atoms with Gasteiger partial charge in [0.2, 0.25) is 5.91 Å². The molecule has 27 heavy (non-hydrogen) atoms. The van der Waals surface area contributed by atoms with E-state index in [-0.39, 0.29) is 11.9 Å². The van der Waals surface area contributed by atoms with E-state index < -0.39 is 0 Å². The number of anilines is 2. The van der Waals surface area contributed by atoms with Crippen LogP contribution in [-0.4, -0.2) is 86.5 Å². The minimum atomic E-state index is -0.0650. The van der Waals surface area contributed by atoms with Gasteiger partial charge in [-0.25, -0.2) is 4.79 Å². The van der Waals surface area contributed by atoms with Gasteiger partial charge in [0, 0.05) is 63.6 Å². The molecule has 1 N–H and O–H groups in total. The van der Waals surface area contributed by atoms with Crippen molar-refractivity contribution in [3.05, 3.63) is 23.8 Å². The second-order valence-corrected chi connectivity index (χ2v) is 7.71. The topological polar surface area (TPSA) is 59.1 Å². The van der Waals surface area contributed by atoms with E-state index in [0.717, 1.165) is 69.2 Å². The van der Waals surface area contributed by atoms with Crippen LogP contribution in [0, 0.1) is 6.92 Å². The molecule has 0 spiro atoms. The maximum atomic E-state index is 12.6. The van der Waals surface area contributed by atoms with E-state index in [4.69, 9.17) is 0 Å². The third-order valence-electron chi connectivity index (χ3n) is 5.35. The van der Waals surface area contributed by atoms with Crippen LogP contribution >= 0.6 is 0 Å². The fourth-order valence-corrected chi connectivity index (χ4v) is 3.60. The predicted octanol–water partition coefficient (Wildman–Crippen LogP) is 1.83. The molecule has 0 bridgehead atoms. The molecule has 0 atom stereocenters. The lowest BCUT2D eigenvalue weighted by molar-refractivity contribution is -0.117. The first kappa shape index (κ1) is 19.6. The summed E-state index contributed by atoms with van der Waals surface area (Å²) in [5, 5.41) is 3.00. The van der Waals surface area contributed by atoms with Crippen molar-refractivity contribution >= 4 is 23.3 Å². The number of hydrogen-bond acceptors (Lipinski definition) is 4. The van der Waals surface area contributed by atoms with Gasteiger partial charge in [-0.2, -0.15) is 0 Å². The first-order valence-electron chi connectivity index (χ1n) is 9.78. The number of piperazine rings is 1. The molecule has 2 aliphatic heterocycles. The summed E-state index contributed by atoms with van der Waals surface area (Å²) < 4.78 is 0. The molecule has 0 aromatic heterocycles. The molecular weight excluding hydrogens is 342 g/mol. The van der Waals surface area contributed by atoms with Crippen LogP contribution in [-0.2, 0) is 4.79 Å². The third kappa shape index (κ3) is 4.99. The molecule has 0 saturated carbocycles. The van der Waals surface area contributed by atoms with Crippen molar-refractivity contribution in [2.75, 3.05) is 70.1 Å². The second-order valence-electron chi connectivity index (χ2n) is 7.71. The van der Waals surface area contributed by atoms with Gasteiger partial charge < -0.3 is 20.0 Å². The normalized spacial score (nSPS) is 18.4. The number of urea groups is 1. The van der Waals surface area contributed by atoms with Crippen LogP contribution in [0.5, 0.6) is 0 Å². The Morgan fingerprint density at radius 3 is 2.52 bits per heavy atom. The Kier molecular flexibility index (Phi) is 6.34. The van der Waals surface area contributed by atoms with Gasteiger partial charge in [0.15, 0.2) is 0 Å². The van der Waals surface area contributed by atoms with E-state index in [1.54, 1.807) is 0 Å². The van der Waals surface area contributed by atoms with Crippen molar-refractivity contribution < 1.29 is 9.59 Å². The number of carbonyl (C=O) groups excluding carboxylic acids is 2. The lowest BCUT2D eigenvalue weighted by Crippen LogP contribution is -2.51. The van der Waals surface area contributed by atoms with Gasteiger partial charge in [0.05, 0.1) is 0 Å². The molecule has 3 amide bonds. The van der Waals surface area contributed by atoms with Crippen LogP contribution in [0.15, 0.2) is 18.2 Å². The summed E-state index contributed by atoms with van der Waals surface area (Å²) in [6.45, 7) is 8.11. The minimum absolute atomic E-state index is 0.0650. The number of likely N-dealkylation sites (N-methyl/N-ethyl adjacent to an activating group) is 1. The van der Waals surface area contributed by atoms with E-state index in [2.05, 4.69) is 29.2 Å². The average molecular weight is 374 g/mol. The second kappa shape index (κ2) is 8.71. The van der Waals surface area contributed by atoms with E-state index in [0.29, 0.717) is 6.42 Å². The molecule has 2 heterocycles. The maximum absolute atomic E-state index is 12.6. The van der Waals surface area contributed by atoms with Crippen molar-refractivity contribution in [1.82, 2.24) is 14.7 Å². The van der Waals surface area contributed by atoms with Gasteiger partial charge in [-0.3, -0.25) is 9.69 Å². The van der Waals surface area contributed by atoms with Gasteiger partial charge in [-0.15, -0.1) is 0 Å². The first-order valence-corrected chi connectivity index (χ1v) is 9.78. The van der Waals surface area contributed by atoms with Crippen molar-refractivity contribution in [2.24, 2.45) is 0 Å².